The highest BCUT2D eigenvalue weighted by Gasteiger charge is 2.31. The number of carbonyl (C=O) groups excluding carboxylic acids is 1. The molecular formula is C28H29N3O2. The number of benzene rings is 2. The Morgan fingerprint density at radius 1 is 1.06 bits per heavy atom. The van der Waals surface area contributed by atoms with Gasteiger partial charge < -0.3 is 9.72 Å². The molecule has 33 heavy (non-hydrogen) atoms. The minimum absolute atomic E-state index is 0.141. The van der Waals surface area contributed by atoms with E-state index in [1.807, 2.05) is 42.5 Å². The summed E-state index contributed by atoms with van der Waals surface area (Å²) in [5, 5.41) is 0. The standard InChI is InChI=1S/C28H29N3O2/c1-3-28(2)16-14-19(15-17-28)22-7-6-18-29-27(22)33-21-12-10-20(11-13-21)25(32)26-30-23-8-4-5-9-24(23)31-26/h4-13,18-19H,3,14-17H2,1-2H3,(H,30,31)/t19-,28+. The molecule has 5 rings (SSSR count). The van der Waals surface area contributed by atoms with Crippen LogP contribution in [-0.4, -0.2) is 20.7 Å². The largest absolute Gasteiger partial charge is 0.439 e. The van der Waals surface area contributed by atoms with Crippen molar-refractivity contribution in [3.05, 3.63) is 83.8 Å². The van der Waals surface area contributed by atoms with Crippen LogP contribution in [0.4, 0.5) is 0 Å². The average Bonchev–Trinajstić information content (AvgIpc) is 3.29. The van der Waals surface area contributed by atoms with Crippen molar-refractivity contribution in [2.45, 2.75) is 51.9 Å². The summed E-state index contributed by atoms with van der Waals surface area (Å²) in [5.41, 5.74) is 3.84. The lowest BCUT2D eigenvalue weighted by molar-refractivity contribution is 0.103. The fourth-order valence-electron chi connectivity index (χ4n) is 4.76. The lowest BCUT2D eigenvalue weighted by Crippen LogP contribution is -2.23. The highest BCUT2D eigenvalue weighted by Crippen LogP contribution is 2.46. The topological polar surface area (TPSA) is 67.9 Å². The molecule has 0 bridgehead atoms. The third-order valence-electron chi connectivity index (χ3n) is 7.22. The summed E-state index contributed by atoms with van der Waals surface area (Å²) < 4.78 is 6.18. The van der Waals surface area contributed by atoms with E-state index in [0.717, 1.165) is 23.9 Å². The molecule has 2 aromatic carbocycles. The van der Waals surface area contributed by atoms with Gasteiger partial charge in [-0.3, -0.25) is 4.79 Å². The molecule has 5 heteroatoms. The lowest BCUT2D eigenvalue weighted by atomic mass is 9.69. The molecule has 1 saturated carbocycles. The summed E-state index contributed by atoms with van der Waals surface area (Å²) in [5.74, 6) is 2.01. The zero-order valence-corrected chi connectivity index (χ0v) is 19.2. The van der Waals surface area contributed by atoms with Gasteiger partial charge in [0.2, 0.25) is 11.7 Å². The predicted octanol–water partition coefficient (Wildman–Crippen LogP) is 7.06. The smallest absolute Gasteiger partial charge is 0.228 e. The van der Waals surface area contributed by atoms with Gasteiger partial charge in [0.05, 0.1) is 11.0 Å². The van der Waals surface area contributed by atoms with Gasteiger partial charge in [-0.15, -0.1) is 0 Å². The Bertz CT molecular complexity index is 1230. The van der Waals surface area contributed by atoms with E-state index >= 15 is 0 Å². The Morgan fingerprint density at radius 2 is 1.82 bits per heavy atom. The number of fused-ring (bicyclic) bond motifs is 1. The van der Waals surface area contributed by atoms with Crippen molar-refractivity contribution in [3.63, 3.8) is 0 Å². The van der Waals surface area contributed by atoms with Gasteiger partial charge in [-0.25, -0.2) is 9.97 Å². The maximum atomic E-state index is 12.9. The highest BCUT2D eigenvalue weighted by molar-refractivity contribution is 6.08. The SMILES string of the molecule is CC[C@]1(C)CC[C@H](c2cccnc2Oc2ccc(C(=O)c3nc4ccccc4[nH]3)cc2)CC1. The minimum Gasteiger partial charge on any atom is -0.439 e. The van der Waals surface area contributed by atoms with Crippen LogP contribution in [0.2, 0.25) is 0 Å². The molecule has 2 aromatic heterocycles. The maximum absolute atomic E-state index is 12.9. The van der Waals surface area contributed by atoms with E-state index in [2.05, 4.69) is 34.9 Å². The molecule has 0 radical (unpaired) electrons. The number of pyridine rings is 1. The molecule has 0 atom stereocenters. The van der Waals surface area contributed by atoms with Crippen molar-refractivity contribution in [1.29, 1.82) is 0 Å². The average molecular weight is 440 g/mol. The molecule has 1 aliphatic rings. The van der Waals surface area contributed by atoms with Gasteiger partial charge in [0.1, 0.15) is 5.75 Å². The van der Waals surface area contributed by atoms with Crippen LogP contribution in [0.25, 0.3) is 11.0 Å². The highest BCUT2D eigenvalue weighted by atomic mass is 16.5. The van der Waals surface area contributed by atoms with Crippen molar-refractivity contribution in [3.8, 4) is 11.6 Å². The first kappa shape index (κ1) is 21.4. The number of rotatable bonds is 6. The van der Waals surface area contributed by atoms with Crippen LogP contribution in [0, 0.1) is 5.41 Å². The first-order chi connectivity index (χ1) is 16.0. The summed E-state index contributed by atoms with van der Waals surface area (Å²) in [6.45, 7) is 4.69. The van der Waals surface area contributed by atoms with E-state index in [9.17, 15) is 4.79 Å². The summed E-state index contributed by atoms with van der Waals surface area (Å²) in [6, 6.07) is 19.0. The Labute approximate surface area is 194 Å². The number of carbonyl (C=O) groups is 1. The molecule has 0 amide bonds. The van der Waals surface area contributed by atoms with Crippen LogP contribution in [0.3, 0.4) is 0 Å². The van der Waals surface area contributed by atoms with E-state index in [-0.39, 0.29) is 5.78 Å². The molecule has 0 unspecified atom stereocenters. The Balaban J connectivity index is 1.31. The van der Waals surface area contributed by atoms with Crippen LogP contribution in [0.5, 0.6) is 11.6 Å². The maximum Gasteiger partial charge on any atom is 0.228 e. The van der Waals surface area contributed by atoms with Crippen LogP contribution in [0.1, 0.15) is 73.6 Å². The van der Waals surface area contributed by atoms with Gasteiger partial charge in [-0.2, -0.15) is 0 Å². The molecule has 0 saturated heterocycles. The van der Waals surface area contributed by atoms with Crippen molar-refractivity contribution < 1.29 is 9.53 Å². The van der Waals surface area contributed by atoms with Gasteiger partial charge >= 0.3 is 0 Å². The van der Waals surface area contributed by atoms with E-state index in [0.29, 0.717) is 34.4 Å². The molecule has 2 heterocycles. The minimum atomic E-state index is -0.141. The zero-order chi connectivity index (χ0) is 22.8. The Hall–Kier alpha value is -3.47. The summed E-state index contributed by atoms with van der Waals surface area (Å²) in [6.07, 6.45) is 7.81. The number of hydrogen-bond acceptors (Lipinski definition) is 4. The molecule has 168 valence electrons. The second kappa shape index (κ2) is 8.81. The third-order valence-corrected chi connectivity index (χ3v) is 7.22. The van der Waals surface area contributed by atoms with Gasteiger partial charge in [-0.1, -0.05) is 38.5 Å². The summed E-state index contributed by atoms with van der Waals surface area (Å²) >= 11 is 0. The van der Waals surface area contributed by atoms with E-state index in [1.54, 1.807) is 18.3 Å². The van der Waals surface area contributed by atoms with Crippen molar-refractivity contribution >= 4 is 16.8 Å². The molecule has 5 nitrogen and oxygen atoms in total. The molecular weight excluding hydrogens is 410 g/mol. The predicted molar refractivity (Wildman–Crippen MR) is 130 cm³/mol. The fraction of sp³-hybridized carbons (Fsp3) is 0.321. The normalized spacial score (nSPS) is 20.6. The van der Waals surface area contributed by atoms with Crippen LogP contribution in [0.15, 0.2) is 66.9 Å². The molecule has 0 aliphatic heterocycles. The number of aromatic nitrogens is 3. The monoisotopic (exact) mass is 439 g/mol. The number of ketones is 1. The molecule has 1 aliphatic carbocycles. The van der Waals surface area contributed by atoms with E-state index in [1.165, 1.54) is 24.8 Å². The molecule has 4 aromatic rings. The summed E-state index contributed by atoms with van der Waals surface area (Å²) in [7, 11) is 0. The molecule has 1 N–H and O–H groups in total. The fourth-order valence-corrected chi connectivity index (χ4v) is 4.76. The first-order valence-corrected chi connectivity index (χ1v) is 11.8. The van der Waals surface area contributed by atoms with Gasteiger partial charge in [0, 0.05) is 17.3 Å². The summed E-state index contributed by atoms with van der Waals surface area (Å²) in [4.78, 5) is 24.9. The van der Waals surface area contributed by atoms with Crippen molar-refractivity contribution in [2.24, 2.45) is 5.41 Å². The number of para-hydroxylation sites is 2. The molecule has 0 spiro atoms. The number of ether oxygens (including phenoxy) is 1. The van der Waals surface area contributed by atoms with Crippen molar-refractivity contribution in [1.82, 2.24) is 15.0 Å². The Kier molecular flexibility index (Phi) is 5.71. The lowest BCUT2D eigenvalue weighted by Gasteiger charge is -2.37. The quantitative estimate of drug-likeness (QED) is 0.327. The number of imidazole rings is 1. The number of nitrogens with one attached hydrogen (secondary N) is 1. The number of H-pyrrole nitrogens is 1. The van der Waals surface area contributed by atoms with Crippen LogP contribution >= 0.6 is 0 Å². The second-order valence-corrected chi connectivity index (χ2v) is 9.39. The first-order valence-electron chi connectivity index (χ1n) is 11.8. The van der Waals surface area contributed by atoms with Crippen LogP contribution in [-0.2, 0) is 0 Å². The van der Waals surface area contributed by atoms with Crippen LogP contribution < -0.4 is 4.74 Å². The van der Waals surface area contributed by atoms with Gasteiger partial charge in [0.15, 0.2) is 5.82 Å². The van der Waals surface area contributed by atoms with E-state index in [4.69, 9.17) is 4.74 Å². The molecule has 1 fully saturated rings. The van der Waals surface area contributed by atoms with Crippen molar-refractivity contribution in [2.75, 3.05) is 0 Å². The van der Waals surface area contributed by atoms with Gasteiger partial charge in [0.25, 0.3) is 0 Å². The number of hydrogen-bond donors (Lipinski definition) is 1. The van der Waals surface area contributed by atoms with Gasteiger partial charge in [-0.05, 0) is 79.5 Å². The zero-order valence-electron chi connectivity index (χ0n) is 19.2. The third kappa shape index (κ3) is 4.40. The number of nitrogens with zero attached hydrogens (tertiary/aromatic N) is 2. The second-order valence-electron chi connectivity index (χ2n) is 9.39. The number of aromatic amines is 1. The Morgan fingerprint density at radius 3 is 2.55 bits per heavy atom. The van der Waals surface area contributed by atoms with E-state index < -0.39 is 0 Å².